The molecule has 0 heterocycles. The molecule has 41 heavy (non-hydrogen) atoms. The van der Waals surface area contributed by atoms with Crippen LogP contribution < -0.4 is 14.4 Å². The van der Waals surface area contributed by atoms with Gasteiger partial charge in [0.05, 0.1) is 17.2 Å². The number of benzene rings is 3. The molecular weight excluding hydrogens is 538 g/mol. The Hall–Kier alpha value is -3.85. The molecule has 0 aliphatic heterocycles. The maximum atomic E-state index is 14.1. The molecule has 0 aliphatic carbocycles. The summed E-state index contributed by atoms with van der Waals surface area (Å²) in [6, 6.07) is 21.6. The van der Waals surface area contributed by atoms with Gasteiger partial charge >= 0.3 is 0 Å². The van der Waals surface area contributed by atoms with Gasteiger partial charge in [0.25, 0.3) is 10.0 Å². The SMILES string of the molecule is CCOc1ccc(N(CC(=O)N(Cc2ccccc2)C(CC)C(=O)NC(C)(C)C)S(=O)(=O)c2ccc(C)cc2)cc1. The van der Waals surface area contributed by atoms with E-state index in [2.05, 4.69) is 5.32 Å². The smallest absolute Gasteiger partial charge is 0.264 e. The molecule has 0 radical (unpaired) electrons. The Bertz CT molecular complexity index is 1400. The van der Waals surface area contributed by atoms with Gasteiger partial charge < -0.3 is 15.0 Å². The highest BCUT2D eigenvalue weighted by Crippen LogP contribution is 2.27. The predicted octanol–water partition coefficient (Wildman–Crippen LogP) is 5.31. The standard InChI is InChI=1S/C32H41N3O5S/c1-7-29(31(37)33-32(4,5)6)34(22-25-12-10-9-11-13-25)30(36)23-35(26-16-18-27(19-17-26)40-8-2)41(38,39)28-20-14-24(3)15-21-28/h9-21,29H,7-8,22-23H2,1-6H3,(H,33,37). The summed E-state index contributed by atoms with van der Waals surface area (Å²) in [4.78, 5) is 29.0. The van der Waals surface area contributed by atoms with Crippen LogP contribution in [-0.4, -0.2) is 49.9 Å². The van der Waals surface area contributed by atoms with E-state index in [0.717, 1.165) is 15.4 Å². The zero-order chi connectivity index (χ0) is 30.2. The predicted molar refractivity (Wildman–Crippen MR) is 162 cm³/mol. The second-order valence-electron chi connectivity index (χ2n) is 10.9. The molecule has 1 unspecified atom stereocenters. The Morgan fingerprint density at radius 2 is 1.51 bits per heavy atom. The fourth-order valence-electron chi connectivity index (χ4n) is 4.39. The molecule has 1 N–H and O–H groups in total. The van der Waals surface area contributed by atoms with Crippen molar-refractivity contribution in [3.63, 3.8) is 0 Å². The van der Waals surface area contributed by atoms with Crippen LogP contribution in [0.25, 0.3) is 0 Å². The number of anilines is 1. The quantitative estimate of drug-likeness (QED) is 0.314. The van der Waals surface area contributed by atoms with Crippen molar-refractivity contribution >= 4 is 27.5 Å². The lowest BCUT2D eigenvalue weighted by atomic mass is 10.1. The highest BCUT2D eigenvalue weighted by molar-refractivity contribution is 7.92. The third-order valence-corrected chi connectivity index (χ3v) is 8.19. The number of nitrogens with zero attached hydrogens (tertiary/aromatic N) is 2. The Kier molecular flexibility index (Phi) is 10.6. The fourth-order valence-corrected chi connectivity index (χ4v) is 5.81. The molecule has 8 nitrogen and oxygen atoms in total. The Morgan fingerprint density at radius 1 is 0.902 bits per heavy atom. The molecule has 220 valence electrons. The first-order valence-corrected chi connectivity index (χ1v) is 15.3. The Morgan fingerprint density at radius 3 is 2.05 bits per heavy atom. The van der Waals surface area contributed by atoms with Gasteiger partial charge in [-0.15, -0.1) is 0 Å². The monoisotopic (exact) mass is 579 g/mol. The van der Waals surface area contributed by atoms with E-state index < -0.39 is 34.1 Å². The first kappa shape index (κ1) is 31.7. The maximum Gasteiger partial charge on any atom is 0.264 e. The van der Waals surface area contributed by atoms with E-state index in [1.54, 1.807) is 36.4 Å². The van der Waals surface area contributed by atoms with Crippen molar-refractivity contribution in [3.05, 3.63) is 90.0 Å². The number of rotatable bonds is 12. The number of carbonyl (C=O) groups is 2. The van der Waals surface area contributed by atoms with Crippen molar-refractivity contribution in [3.8, 4) is 5.75 Å². The minimum absolute atomic E-state index is 0.0666. The van der Waals surface area contributed by atoms with E-state index >= 15 is 0 Å². The van der Waals surface area contributed by atoms with Crippen LogP contribution in [0.15, 0.2) is 83.8 Å². The number of carbonyl (C=O) groups excluding carboxylic acids is 2. The van der Waals surface area contributed by atoms with E-state index in [0.29, 0.717) is 24.5 Å². The number of aryl methyl sites for hydroxylation is 1. The summed E-state index contributed by atoms with van der Waals surface area (Å²) in [6.45, 7) is 11.3. The zero-order valence-electron chi connectivity index (χ0n) is 24.8. The number of nitrogens with one attached hydrogen (secondary N) is 1. The lowest BCUT2D eigenvalue weighted by Crippen LogP contribution is -2.55. The molecule has 3 aromatic rings. The van der Waals surface area contributed by atoms with Gasteiger partial charge in [0.1, 0.15) is 18.3 Å². The van der Waals surface area contributed by atoms with Crippen molar-refractivity contribution in [2.24, 2.45) is 0 Å². The summed E-state index contributed by atoms with van der Waals surface area (Å²) >= 11 is 0. The van der Waals surface area contributed by atoms with Gasteiger partial charge in [0.2, 0.25) is 11.8 Å². The lowest BCUT2D eigenvalue weighted by Gasteiger charge is -2.34. The first-order chi connectivity index (χ1) is 19.4. The third kappa shape index (κ3) is 8.57. The normalized spacial score (nSPS) is 12.3. The molecule has 0 aliphatic rings. The zero-order valence-corrected chi connectivity index (χ0v) is 25.6. The second kappa shape index (κ2) is 13.7. The van der Waals surface area contributed by atoms with Crippen LogP contribution in [0, 0.1) is 6.92 Å². The van der Waals surface area contributed by atoms with E-state index in [-0.39, 0.29) is 17.3 Å². The summed E-state index contributed by atoms with van der Waals surface area (Å²) in [5.41, 5.74) is 1.55. The summed E-state index contributed by atoms with van der Waals surface area (Å²) in [6.07, 6.45) is 0.355. The van der Waals surface area contributed by atoms with Gasteiger partial charge in [-0.2, -0.15) is 0 Å². The molecule has 0 fully saturated rings. The number of ether oxygens (including phenoxy) is 1. The average Bonchev–Trinajstić information content (AvgIpc) is 2.92. The molecule has 0 saturated heterocycles. The number of hydrogen-bond donors (Lipinski definition) is 1. The second-order valence-corrected chi connectivity index (χ2v) is 12.8. The van der Waals surface area contributed by atoms with Gasteiger partial charge in [-0.25, -0.2) is 8.42 Å². The van der Waals surface area contributed by atoms with E-state index in [9.17, 15) is 18.0 Å². The maximum absolute atomic E-state index is 14.1. The molecule has 0 bridgehead atoms. The topological polar surface area (TPSA) is 96.0 Å². The van der Waals surface area contributed by atoms with E-state index in [1.807, 2.05) is 71.9 Å². The van der Waals surface area contributed by atoms with Crippen LogP contribution in [0.2, 0.25) is 0 Å². The van der Waals surface area contributed by atoms with Crippen molar-refractivity contribution in [2.75, 3.05) is 17.5 Å². The molecule has 9 heteroatoms. The first-order valence-electron chi connectivity index (χ1n) is 13.8. The van der Waals surface area contributed by atoms with E-state index in [1.165, 1.54) is 17.0 Å². The summed E-state index contributed by atoms with van der Waals surface area (Å²) in [5.74, 6) is -0.196. The van der Waals surface area contributed by atoms with Crippen LogP contribution in [0.5, 0.6) is 5.75 Å². The highest BCUT2D eigenvalue weighted by Gasteiger charge is 2.34. The largest absolute Gasteiger partial charge is 0.494 e. The summed E-state index contributed by atoms with van der Waals surface area (Å²) in [5, 5.41) is 2.98. The number of amides is 2. The van der Waals surface area contributed by atoms with Crippen molar-refractivity contribution in [1.82, 2.24) is 10.2 Å². The molecule has 2 amide bonds. The molecule has 0 spiro atoms. The van der Waals surface area contributed by atoms with Crippen LogP contribution in [0.4, 0.5) is 5.69 Å². The Labute approximate surface area is 244 Å². The Balaban J connectivity index is 2.06. The van der Waals surface area contributed by atoms with Crippen LogP contribution in [0.3, 0.4) is 0 Å². The van der Waals surface area contributed by atoms with Gasteiger partial charge in [-0.05, 0) is 83.0 Å². The highest BCUT2D eigenvalue weighted by atomic mass is 32.2. The fraction of sp³-hybridized carbons (Fsp3) is 0.375. The summed E-state index contributed by atoms with van der Waals surface area (Å²) in [7, 11) is -4.13. The third-order valence-electron chi connectivity index (χ3n) is 6.40. The molecule has 0 saturated carbocycles. The van der Waals surface area contributed by atoms with Gasteiger partial charge in [0, 0.05) is 12.1 Å². The lowest BCUT2D eigenvalue weighted by molar-refractivity contribution is -0.141. The van der Waals surface area contributed by atoms with Crippen molar-refractivity contribution in [1.29, 1.82) is 0 Å². The van der Waals surface area contributed by atoms with Crippen LogP contribution in [0.1, 0.15) is 52.2 Å². The average molecular weight is 580 g/mol. The molecular formula is C32H41N3O5S. The number of hydrogen-bond acceptors (Lipinski definition) is 5. The molecule has 3 aromatic carbocycles. The molecule has 1 atom stereocenters. The van der Waals surface area contributed by atoms with Gasteiger partial charge in [0.15, 0.2) is 0 Å². The minimum atomic E-state index is -4.13. The van der Waals surface area contributed by atoms with Crippen molar-refractivity contribution in [2.45, 2.75) is 71.0 Å². The van der Waals surface area contributed by atoms with Crippen LogP contribution >= 0.6 is 0 Å². The van der Waals surface area contributed by atoms with Crippen molar-refractivity contribution < 1.29 is 22.7 Å². The van der Waals surface area contributed by atoms with Crippen LogP contribution in [-0.2, 0) is 26.2 Å². The molecule has 3 rings (SSSR count). The molecule has 0 aromatic heterocycles. The number of sulfonamides is 1. The minimum Gasteiger partial charge on any atom is -0.494 e. The van der Waals surface area contributed by atoms with Gasteiger partial charge in [-0.1, -0.05) is 55.0 Å². The summed E-state index contributed by atoms with van der Waals surface area (Å²) < 4.78 is 34.6. The van der Waals surface area contributed by atoms with E-state index in [4.69, 9.17) is 4.74 Å². The van der Waals surface area contributed by atoms with Gasteiger partial charge in [-0.3, -0.25) is 13.9 Å².